The third kappa shape index (κ3) is 4.10. The van der Waals surface area contributed by atoms with Crippen LogP contribution in [0.1, 0.15) is 53.9 Å². The van der Waals surface area contributed by atoms with Crippen molar-refractivity contribution >= 4 is 6.03 Å². The SMILES string of the molecule is COC1(C)CC(NC(=O)NCCCC(C)(C)CO)C1(C)C. The van der Waals surface area contributed by atoms with Gasteiger partial charge in [-0.1, -0.05) is 27.7 Å². The molecule has 1 aliphatic rings. The van der Waals surface area contributed by atoms with Crippen LogP contribution in [0.3, 0.4) is 0 Å². The van der Waals surface area contributed by atoms with Gasteiger partial charge in [-0.3, -0.25) is 0 Å². The number of aliphatic hydroxyl groups is 1. The lowest BCUT2D eigenvalue weighted by Gasteiger charge is -2.59. The van der Waals surface area contributed by atoms with Crippen LogP contribution in [0.5, 0.6) is 0 Å². The highest BCUT2D eigenvalue weighted by Gasteiger charge is 2.58. The number of carbonyl (C=O) groups excluding carboxylic acids is 1. The number of ether oxygens (including phenoxy) is 1. The Kier molecular flexibility index (Phi) is 5.67. The molecule has 0 heterocycles. The van der Waals surface area contributed by atoms with Crippen molar-refractivity contribution in [2.24, 2.45) is 10.8 Å². The summed E-state index contributed by atoms with van der Waals surface area (Å²) >= 11 is 0. The number of aliphatic hydroxyl groups excluding tert-OH is 1. The van der Waals surface area contributed by atoms with Gasteiger partial charge in [0.15, 0.2) is 0 Å². The molecule has 5 nitrogen and oxygen atoms in total. The first-order valence-corrected chi connectivity index (χ1v) is 7.78. The summed E-state index contributed by atoms with van der Waals surface area (Å²) in [7, 11) is 1.72. The Labute approximate surface area is 128 Å². The Bertz CT molecular complexity index is 369. The van der Waals surface area contributed by atoms with E-state index in [0.717, 1.165) is 19.3 Å². The predicted octanol–water partition coefficient (Wildman–Crippen LogP) is 2.29. The van der Waals surface area contributed by atoms with Gasteiger partial charge in [0.25, 0.3) is 0 Å². The van der Waals surface area contributed by atoms with Crippen LogP contribution in [0, 0.1) is 10.8 Å². The van der Waals surface area contributed by atoms with E-state index in [-0.39, 0.29) is 35.1 Å². The summed E-state index contributed by atoms with van der Waals surface area (Å²) < 4.78 is 5.55. The van der Waals surface area contributed by atoms with Crippen LogP contribution in [0.4, 0.5) is 4.79 Å². The molecule has 3 N–H and O–H groups in total. The third-order valence-corrected chi connectivity index (χ3v) is 5.33. The predicted molar refractivity (Wildman–Crippen MR) is 84.2 cm³/mol. The van der Waals surface area contributed by atoms with Gasteiger partial charge in [0.1, 0.15) is 0 Å². The molecule has 2 unspecified atom stereocenters. The van der Waals surface area contributed by atoms with E-state index in [2.05, 4.69) is 31.4 Å². The van der Waals surface area contributed by atoms with E-state index in [1.807, 2.05) is 13.8 Å². The van der Waals surface area contributed by atoms with Gasteiger partial charge in [0.05, 0.1) is 5.60 Å². The van der Waals surface area contributed by atoms with Gasteiger partial charge in [-0.25, -0.2) is 4.79 Å². The summed E-state index contributed by atoms with van der Waals surface area (Å²) in [6.45, 7) is 11.2. The maximum absolute atomic E-state index is 11.9. The molecular weight excluding hydrogens is 268 g/mol. The molecule has 0 spiro atoms. The second-order valence-corrected chi connectivity index (χ2v) is 7.74. The lowest BCUT2D eigenvalue weighted by atomic mass is 9.56. The lowest BCUT2D eigenvalue weighted by Crippen LogP contribution is -2.69. The highest BCUT2D eigenvalue weighted by atomic mass is 16.5. The molecule has 2 atom stereocenters. The average Bonchev–Trinajstić information content (AvgIpc) is 2.42. The van der Waals surface area contributed by atoms with Gasteiger partial charge in [-0.15, -0.1) is 0 Å². The van der Waals surface area contributed by atoms with Gasteiger partial charge < -0.3 is 20.5 Å². The molecule has 0 radical (unpaired) electrons. The van der Waals surface area contributed by atoms with Crippen LogP contribution < -0.4 is 10.6 Å². The van der Waals surface area contributed by atoms with Crippen molar-refractivity contribution in [3.05, 3.63) is 0 Å². The van der Waals surface area contributed by atoms with Crippen molar-refractivity contribution in [2.45, 2.75) is 65.5 Å². The first kappa shape index (κ1) is 18.2. The second kappa shape index (κ2) is 6.53. The van der Waals surface area contributed by atoms with E-state index in [0.29, 0.717) is 6.54 Å². The Morgan fingerprint density at radius 1 is 1.38 bits per heavy atom. The van der Waals surface area contributed by atoms with Crippen molar-refractivity contribution in [2.75, 3.05) is 20.3 Å². The molecule has 5 heteroatoms. The summed E-state index contributed by atoms with van der Waals surface area (Å²) in [5.74, 6) is 0. The number of carbonyl (C=O) groups is 1. The largest absolute Gasteiger partial charge is 0.396 e. The van der Waals surface area contributed by atoms with Crippen molar-refractivity contribution in [3.63, 3.8) is 0 Å². The zero-order valence-corrected chi connectivity index (χ0v) is 14.4. The molecule has 0 aromatic rings. The number of hydrogen-bond acceptors (Lipinski definition) is 3. The summed E-state index contributed by atoms with van der Waals surface area (Å²) in [6, 6.07) is 0.0179. The molecule has 1 saturated carbocycles. The van der Waals surface area contributed by atoms with Gasteiger partial charge >= 0.3 is 6.03 Å². The maximum Gasteiger partial charge on any atom is 0.315 e. The molecular formula is C16H32N2O3. The molecule has 0 bridgehead atoms. The normalized spacial score (nSPS) is 27.9. The van der Waals surface area contributed by atoms with E-state index in [1.54, 1.807) is 7.11 Å². The Morgan fingerprint density at radius 3 is 2.48 bits per heavy atom. The first-order valence-electron chi connectivity index (χ1n) is 7.78. The van der Waals surface area contributed by atoms with E-state index in [4.69, 9.17) is 4.74 Å². The van der Waals surface area contributed by atoms with Gasteiger partial charge in [0.2, 0.25) is 0 Å². The highest BCUT2D eigenvalue weighted by Crippen LogP contribution is 2.51. The number of rotatable bonds is 7. The number of nitrogens with one attached hydrogen (secondary N) is 2. The van der Waals surface area contributed by atoms with Gasteiger partial charge in [-0.05, 0) is 31.6 Å². The topological polar surface area (TPSA) is 70.6 Å². The molecule has 21 heavy (non-hydrogen) atoms. The first-order chi connectivity index (χ1) is 9.58. The van der Waals surface area contributed by atoms with Crippen LogP contribution in [0.2, 0.25) is 0 Å². The summed E-state index contributed by atoms with van der Waals surface area (Å²) in [4.78, 5) is 11.9. The minimum Gasteiger partial charge on any atom is -0.396 e. The fraction of sp³-hybridized carbons (Fsp3) is 0.938. The third-order valence-electron chi connectivity index (χ3n) is 5.33. The second-order valence-electron chi connectivity index (χ2n) is 7.74. The zero-order valence-electron chi connectivity index (χ0n) is 14.4. The van der Waals surface area contributed by atoms with Crippen molar-refractivity contribution < 1.29 is 14.6 Å². The van der Waals surface area contributed by atoms with Crippen LogP contribution in [-0.2, 0) is 4.74 Å². The Hall–Kier alpha value is -0.810. The molecule has 0 saturated heterocycles. The maximum atomic E-state index is 11.9. The fourth-order valence-electron chi connectivity index (χ4n) is 2.78. The molecule has 0 aliphatic heterocycles. The summed E-state index contributed by atoms with van der Waals surface area (Å²) in [6.07, 6.45) is 2.59. The van der Waals surface area contributed by atoms with Crippen molar-refractivity contribution in [1.29, 1.82) is 0 Å². The standard InChI is InChI=1S/C16H32N2O3/c1-14(2,11-19)8-7-9-17-13(20)18-12-10-16(5,21-6)15(12,3)4/h12,19H,7-11H2,1-6H3,(H2,17,18,20). The van der Waals surface area contributed by atoms with E-state index in [1.165, 1.54) is 0 Å². The Morgan fingerprint density at radius 2 is 2.00 bits per heavy atom. The average molecular weight is 300 g/mol. The molecule has 124 valence electrons. The zero-order chi connectivity index (χ0) is 16.3. The van der Waals surface area contributed by atoms with E-state index < -0.39 is 0 Å². The summed E-state index contributed by atoms with van der Waals surface area (Å²) in [5, 5.41) is 15.1. The van der Waals surface area contributed by atoms with Gasteiger partial charge in [-0.2, -0.15) is 0 Å². The number of hydrogen-bond donors (Lipinski definition) is 3. The van der Waals surface area contributed by atoms with Crippen LogP contribution in [-0.4, -0.2) is 43.0 Å². The fourth-order valence-corrected chi connectivity index (χ4v) is 2.78. The van der Waals surface area contributed by atoms with Gasteiger partial charge in [0, 0.05) is 31.7 Å². The van der Waals surface area contributed by atoms with E-state index in [9.17, 15) is 9.90 Å². The van der Waals surface area contributed by atoms with Crippen molar-refractivity contribution in [3.8, 4) is 0 Å². The number of urea groups is 1. The summed E-state index contributed by atoms with van der Waals surface area (Å²) in [5.41, 5.74) is -0.317. The monoisotopic (exact) mass is 300 g/mol. The van der Waals surface area contributed by atoms with Crippen LogP contribution >= 0.6 is 0 Å². The van der Waals surface area contributed by atoms with Crippen LogP contribution in [0.15, 0.2) is 0 Å². The highest BCUT2D eigenvalue weighted by molar-refractivity contribution is 5.74. The quantitative estimate of drug-likeness (QED) is 0.632. The van der Waals surface area contributed by atoms with E-state index >= 15 is 0 Å². The molecule has 1 fully saturated rings. The molecule has 0 aromatic carbocycles. The minimum atomic E-state index is -0.171. The lowest BCUT2D eigenvalue weighted by molar-refractivity contribution is -0.177. The molecule has 1 rings (SSSR count). The minimum absolute atomic E-state index is 0.0715. The Balaban J connectivity index is 2.27. The van der Waals surface area contributed by atoms with Crippen molar-refractivity contribution in [1.82, 2.24) is 10.6 Å². The molecule has 0 aromatic heterocycles. The molecule has 1 aliphatic carbocycles. The smallest absolute Gasteiger partial charge is 0.315 e. The number of amides is 2. The molecule has 2 amide bonds. The number of methoxy groups -OCH3 is 1. The van der Waals surface area contributed by atoms with Crippen LogP contribution in [0.25, 0.3) is 0 Å².